The Morgan fingerprint density at radius 3 is 2.92 bits per heavy atom. The lowest BCUT2D eigenvalue weighted by atomic mass is 10.1. The Bertz CT molecular complexity index is 797. The number of para-hydroxylation sites is 1. The first-order valence-electron chi connectivity index (χ1n) is 8.03. The van der Waals surface area contributed by atoms with E-state index in [1.54, 1.807) is 30.5 Å². The molecule has 3 rings (SSSR count). The van der Waals surface area contributed by atoms with Crippen molar-refractivity contribution < 1.29 is 18.7 Å². The lowest BCUT2D eigenvalue weighted by Crippen LogP contribution is -2.28. The molecule has 2 aromatic rings. The van der Waals surface area contributed by atoms with Gasteiger partial charge in [0, 0.05) is 19.2 Å². The van der Waals surface area contributed by atoms with Crippen LogP contribution in [0, 0.1) is 11.7 Å². The van der Waals surface area contributed by atoms with Crippen LogP contribution >= 0.6 is 0 Å². The molecule has 0 aliphatic carbocycles. The fourth-order valence-corrected chi connectivity index (χ4v) is 2.76. The molecule has 0 radical (unpaired) electrons. The zero-order valence-electron chi connectivity index (χ0n) is 13.7. The van der Waals surface area contributed by atoms with E-state index in [0.29, 0.717) is 18.2 Å². The van der Waals surface area contributed by atoms with Crippen molar-refractivity contribution in [3.63, 3.8) is 0 Å². The molecule has 2 heterocycles. The molecule has 1 N–H and O–H groups in total. The standard InChI is InChI=1S/C18H18FN3O3/c1-2-25-18-14(7-5-9-20-18)21-17(24)12-10-16(23)22(11-12)15-8-4-3-6-13(15)19/h3-9,12H,2,10-11H2,1H3,(H,21,24)/t12-/m0/s1. The molecule has 0 bridgehead atoms. The fourth-order valence-electron chi connectivity index (χ4n) is 2.76. The summed E-state index contributed by atoms with van der Waals surface area (Å²) in [6, 6.07) is 9.40. The fraction of sp³-hybridized carbons (Fsp3) is 0.278. The zero-order chi connectivity index (χ0) is 17.8. The van der Waals surface area contributed by atoms with Crippen molar-refractivity contribution in [3.8, 4) is 5.88 Å². The second-order valence-corrected chi connectivity index (χ2v) is 5.64. The van der Waals surface area contributed by atoms with E-state index in [1.165, 1.54) is 17.0 Å². The first kappa shape index (κ1) is 16.9. The summed E-state index contributed by atoms with van der Waals surface area (Å²) in [5.74, 6) is -1.32. The molecule has 25 heavy (non-hydrogen) atoms. The molecule has 0 saturated carbocycles. The van der Waals surface area contributed by atoms with Crippen LogP contribution in [0.15, 0.2) is 42.6 Å². The van der Waals surface area contributed by atoms with E-state index in [2.05, 4.69) is 10.3 Å². The first-order valence-corrected chi connectivity index (χ1v) is 8.03. The van der Waals surface area contributed by atoms with Gasteiger partial charge in [0.1, 0.15) is 11.5 Å². The van der Waals surface area contributed by atoms with Crippen molar-refractivity contribution >= 4 is 23.2 Å². The van der Waals surface area contributed by atoms with E-state index < -0.39 is 11.7 Å². The van der Waals surface area contributed by atoms with Gasteiger partial charge in [-0.3, -0.25) is 9.59 Å². The summed E-state index contributed by atoms with van der Waals surface area (Å²) in [6.07, 6.45) is 1.60. The zero-order valence-corrected chi connectivity index (χ0v) is 13.7. The summed E-state index contributed by atoms with van der Waals surface area (Å²) < 4.78 is 19.3. The number of carbonyl (C=O) groups is 2. The molecule has 1 atom stereocenters. The highest BCUT2D eigenvalue weighted by Gasteiger charge is 2.36. The Labute approximate surface area is 144 Å². The highest BCUT2D eigenvalue weighted by atomic mass is 19.1. The van der Waals surface area contributed by atoms with Gasteiger partial charge in [0.25, 0.3) is 0 Å². The number of anilines is 2. The number of nitrogens with zero attached hydrogens (tertiary/aromatic N) is 2. The van der Waals surface area contributed by atoms with Gasteiger partial charge in [0.15, 0.2) is 0 Å². The summed E-state index contributed by atoms with van der Waals surface area (Å²) in [5.41, 5.74) is 0.644. The number of benzene rings is 1. The lowest BCUT2D eigenvalue weighted by Gasteiger charge is -2.17. The molecule has 6 nitrogen and oxygen atoms in total. The minimum atomic E-state index is -0.568. The molecule has 1 aromatic carbocycles. The number of hydrogen-bond acceptors (Lipinski definition) is 4. The highest BCUT2D eigenvalue weighted by Crippen LogP contribution is 2.29. The van der Waals surface area contributed by atoms with Gasteiger partial charge in [-0.1, -0.05) is 12.1 Å². The van der Waals surface area contributed by atoms with Crippen LogP contribution in [-0.2, 0) is 9.59 Å². The van der Waals surface area contributed by atoms with Crippen LogP contribution < -0.4 is 15.0 Å². The molecule has 130 valence electrons. The maximum Gasteiger partial charge on any atom is 0.237 e. The van der Waals surface area contributed by atoms with Crippen LogP contribution in [0.4, 0.5) is 15.8 Å². The van der Waals surface area contributed by atoms with E-state index in [4.69, 9.17) is 4.74 Å². The summed E-state index contributed by atoms with van der Waals surface area (Å²) in [4.78, 5) is 30.1. The molecular formula is C18H18FN3O3. The average molecular weight is 343 g/mol. The monoisotopic (exact) mass is 343 g/mol. The van der Waals surface area contributed by atoms with E-state index in [-0.39, 0.29) is 30.5 Å². The number of amides is 2. The van der Waals surface area contributed by atoms with Gasteiger partial charge in [-0.05, 0) is 31.2 Å². The number of aromatic nitrogens is 1. The van der Waals surface area contributed by atoms with Gasteiger partial charge in [-0.2, -0.15) is 0 Å². The topological polar surface area (TPSA) is 71.5 Å². The normalized spacial score (nSPS) is 16.8. The summed E-state index contributed by atoms with van der Waals surface area (Å²) in [5, 5.41) is 2.75. The summed E-state index contributed by atoms with van der Waals surface area (Å²) in [6.45, 7) is 2.38. The van der Waals surface area contributed by atoms with Gasteiger partial charge < -0.3 is 15.0 Å². The van der Waals surface area contributed by atoms with Gasteiger partial charge >= 0.3 is 0 Å². The second kappa shape index (κ2) is 7.29. The summed E-state index contributed by atoms with van der Waals surface area (Å²) in [7, 11) is 0. The minimum Gasteiger partial charge on any atom is -0.476 e. The number of carbonyl (C=O) groups excluding carboxylic acids is 2. The third-order valence-electron chi connectivity index (χ3n) is 3.95. The van der Waals surface area contributed by atoms with Crippen molar-refractivity contribution in [1.29, 1.82) is 0 Å². The van der Waals surface area contributed by atoms with Crippen molar-refractivity contribution in [3.05, 3.63) is 48.4 Å². The number of rotatable bonds is 5. The maximum atomic E-state index is 13.9. The minimum absolute atomic E-state index is 0.0321. The van der Waals surface area contributed by atoms with Gasteiger partial charge in [0.2, 0.25) is 17.7 Å². The predicted octanol–water partition coefficient (Wildman–Crippen LogP) is 2.61. The quantitative estimate of drug-likeness (QED) is 0.906. The largest absolute Gasteiger partial charge is 0.476 e. The molecule has 2 amide bonds. The van der Waals surface area contributed by atoms with Gasteiger partial charge in [-0.25, -0.2) is 9.37 Å². The Morgan fingerprint density at radius 2 is 2.16 bits per heavy atom. The smallest absolute Gasteiger partial charge is 0.237 e. The van der Waals surface area contributed by atoms with Crippen LogP contribution in [-0.4, -0.2) is 29.9 Å². The van der Waals surface area contributed by atoms with Crippen LogP contribution in [0.1, 0.15) is 13.3 Å². The van der Waals surface area contributed by atoms with E-state index in [1.807, 2.05) is 6.92 Å². The van der Waals surface area contributed by atoms with E-state index >= 15 is 0 Å². The van der Waals surface area contributed by atoms with Crippen LogP contribution in [0.3, 0.4) is 0 Å². The Morgan fingerprint density at radius 1 is 1.36 bits per heavy atom. The number of hydrogen-bond donors (Lipinski definition) is 1. The molecule has 1 fully saturated rings. The number of nitrogens with one attached hydrogen (secondary N) is 1. The lowest BCUT2D eigenvalue weighted by molar-refractivity contribution is -0.122. The number of pyridine rings is 1. The third kappa shape index (κ3) is 3.60. The number of ether oxygens (including phenoxy) is 1. The summed E-state index contributed by atoms with van der Waals surface area (Å²) >= 11 is 0. The molecule has 0 unspecified atom stereocenters. The van der Waals surface area contributed by atoms with Crippen molar-refractivity contribution in [2.75, 3.05) is 23.4 Å². The highest BCUT2D eigenvalue weighted by molar-refractivity contribution is 6.03. The Balaban J connectivity index is 1.72. The molecule has 1 aliphatic heterocycles. The van der Waals surface area contributed by atoms with E-state index in [9.17, 15) is 14.0 Å². The third-order valence-corrected chi connectivity index (χ3v) is 3.95. The molecular weight excluding hydrogens is 325 g/mol. The van der Waals surface area contributed by atoms with Crippen molar-refractivity contribution in [1.82, 2.24) is 4.98 Å². The molecule has 1 aromatic heterocycles. The average Bonchev–Trinajstić information content (AvgIpc) is 2.99. The first-order chi connectivity index (χ1) is 12.1. The van der Waals surface area contributed by atoms with Gasteiger partial charge in [0.05, 0.1) is 18.2 Å². The number of halogens is 1. The van der Waals surface area contributed by atoms with Crippen LogP contribution in [0.5, 0.6) is 5.88 Å². The van der Waals surface area contributed by atoms with E-state index in [0.717, 1.165) is 0 Å². The molecule has 1 aliphatic rings. The Kier molecular flexibility index (Phi) is 4.92. The molecule has 1 saturated heterocycles. The predicted molar refractivity (Wildman–Crippen MR) is 90.9 cm³/mol. The van der Waals surface area contributed by atoms with Crippen LogP contribution in [0.2, 0.25) is 0 Å². The van der Waals surface area contributed by atoms with Crippen molar-refractivity contribution in [2.45, 2.75) is 13.3 Å². The van der Waals surface area contributed by atoms with Crippen molar-refractivity contribution in [2.24, 2.45) is 5.92 Å². The van der Waals surface area contributed by atoms with Gasteiger partial charge in [-0.15, -0.1) is 0 Å². The molecule has 0 spiro atoms. The SMILES string of the molecule is CCOc1ncccc1NC(=O)[C@H]1CC(=O)N(c2ccccc2F)C1. The second-order valence-electron chi connectivity index (χ2n) is 5.64. The Hall–Kier alpha value is -2.96. The van der Waals surface area contributed by atoms with Crippen LogP contribution in [0.25, 0.3) is 0 Å². The molecule has 7 heteroatoms. The maximum absolute atomic E-state index is 13.9.